The minimum absolute atomic E-state index is 0.221. The standard InChI is InChI=1S/C14H13NO2/c1-4-5-8-15-13(16)11-9(2)6-7-10(3)12(11)14(15)17/h1,6-7H,5,8H2,2-3H3. The Kier molecular flexibility index (Phi) is 2.72. The highest BCUT2D eigenvalue weighted by atomic mass is 16.2. The summed E-state index contributed by atoms with van der Waals surface area (Å²) in [5, 5.41) is 0. The van der Waals surface area contributed by atoms with Gasteiger partial charge in [-0.05, 0) is 25.0 Å². The van der Waals surface area contributed by atoms with Crippen molar-refractivity contribution in [3.63, 3.8) is 0 Å². The molecule has 0 N–H and O–H groups in total. The summed E-state index contributed by atoms with van der Waals surface area (Å²) in [6.07, 6.45) is 5.56. The van der Waals surface area contributed by atoms with E-state index in [-0.39, 0.29) is 11.8 Å². The molecule has 0 atom stereocenters. The van der Waals surface area contributed by atoms with E-state index in [1.165, 1.54) is 4.90 Å². The van der Waals surface area contributed by atoms with Crippen molar-refractivity contribution in [1.29, 1.82) is 0 Å². The van der Waals surface area contributed by atoms with E-state index in [0.717, 1.165) is 11.1 Å². The number of benzene rings is 1. The molecule has 3 heteroatoms. The maximum atomic E-state index is 12.1. The smallest absolute Gasteiger partial charge is 0.261 e. The number of hydrogen-bond acceptors (Lipinski definition) is 2. The van der Waals surface area contributed by atoms with Gasteiger partial charge in [0.25, 0.3) is 11.8 Å². The molecule has 3 nitrogen and oxygen atoms in total. The zero-order valence-corrected chi connectivity index (χ0v) is 9.91. The summed E-state index contributed by atoms with van der Waals surface area (Å²) in [5.74, 6) is 2.00. The van der Waals surface area contributed by atoms with Crippen molar-refractivity contribution in [2.24, 2.45) is 0 Å². The highest BCUT2D eigenvalue weighted by molar-refractivity contribution is 6.22. The number of amides is 2. The third kappa shape index (κ3) is 1.62. The van der Waals surface area contributed by atoms with E-state index in [4.69, 9.17) is 6.42 Å². The number of terminal acetylenes is 1. The number of nitrogens with zero attached hydrogens (tertiary/aromatic N) is 1. The molecule has 1 aromatic rings. The predicted octanol–water partition coefficient (Wildman–Crippen LogP) is 1.92. The first kappa shape index (κ1) is 11.4. The summed E-state index contributed by atoms with van der Waals surface area (Å²) < 4.78 is 0. The number of fused-ring (bicyclic) bond motifs is 1. The van der Waals surface area contributed by atoms with Gasteiger partial charge in [0, 0.05) is 13.0 Å². The largest absolute Gasteiger partial charge is 0.273 e. The summed E-state index contributed by atoms with van der Waals surface area (Å²) in [7, 11) is 0. The van der Waals surface area contributed by atoms with Crippen LogP contribution in [0.2, 0.25) is 0 Å². The van der Waals surface area contributed by atoms with Gasteiger partial charge in [-0.1, -0.05) is 12.1 Å². The number of imide groups is 1. The van der Waals surface area contributed by atoms with Gasteiger partial charge in [0.15, 0.2) is 0 Å². The lowest BCUT2D eigenvalue weighted by molar-refractivity contribution is 0.0657. The topological polar surface area (TPSA) is 37.4 Å². The van der Waals surface area contributed by atoms with E-state index < -0.39 is 0 Å². The average Bonchev–Trinajstić information content (AvgIpc) is 2.55. The van der Waals surface area contributed by atoms with Gasteiger partial charge >= 0.3 is 0 Å². The summed E-state index contributed by atoms with van der Waals surface area (Å²) >= 11 is 0. The lowest BCUT2D eigenvalue weighted by Crippen LogP contribution is -2.30. The van der Waals surface area contributed by atoms with Gasteiger partial charge in [0.2, 0.25) is 0 Å². The first-order valence-electron chi connectivity index (χ1n) is 5.47. The zero-order valence-electron chi connectivity index (χ0n) is 9.91. The molecule has 0 saturated carbocycles. The molecule has 2 amide bonds. The molecule has 17 heavy (non-hydrogen) atoms. The Bertz CT molecular complexity index is 511. The van der Waals surface area contributed by atoms with E-state index in [0.29, 0.717) is 24.1 Å². The molecule has 86 valence electrons. The lowest BCUT2D eigenvalue weighted by Gasteiger charge is -2.11. The predicted molar refractivity (Wildman–Crippen MR) is 64.7 cm³/mol. The molecule has 0 radical (unpaired) electrons. The molecule has 0 spiro atoms. The van der Waals surface area contributed by atoms with Crippen LogP contribution in [-0.2, 0) is 0 Å². The van der Waals surface area contributed by atoms with Crippen LogP contribution < -0.4 is 0 Å². The summed E-state index contributed by atoms with van der Waals surface area (Å²) in [6.45, 7) is 3.98. The van der Waals surface area contributed by atoms with Gasteiger partial charge in [-0.25, -0.2) is 0 Å². The molecule has 1 aliphatic heterocycles. The number of aryl methyl sites for hydroxylation is 2. The number of carbonyl (C=O) groups excluding carboxylic acids is 2. The van der Waals surface area contributed by atoms with Crippen molar-refractivity contribution in [3.8, 4) is 12.3 Å². The molecule has 0 fully saturated rings. The number of rotatable bonds is 2. The Morgan fingerprint density at radius 2 is 1.59 bits per heavy atom. The van der Waals surface area contributed by atoms with Crippen molar-refractivity contribution >= 4 is 11.8 Å². The van der Waals surface area contributed by atoms with Gasteiger partial charge in [-0.2, -0.15) is 0 Å². The maximum absolute atomic E-state index is 12.1. The molecule has 0 saturated heterocycles. The monoisotopic (exact) mass is 227 g/mol. The Hall–Kier alpha value is -2.08. The molecule has 1 heterocycles. The van der Waals surface area contributed by atoms with E-state index in [2.05, 4.69) is 5.92 Å². The van der Waals surface area contributed by atoms with E-state index in [1.54, 1.807) is 0 Å². The van der Waals surface area contributed by atoms with Crippen molar-refractivity contribution in [2.45, 2.75) is 20.3 Å². The number of hydrogen-bond donors (Lipinski definition) is 0. The second kappa shape index (κ2) is 4.06. The SMILES string of the molecule is C#CCCN1C(=O)c2c(C)ccc(C)c2C1=O. The Balaban J connectivity index is 2.50. The van der Waals surface area contributed by atoms with Crippen LogP contribution >= 0.6 is 0 Å². The third-order valence-electron chi connectivity index (χ3n) is 3.02. The fraction of sp³-hybridized carbons (Fsp3) is 0.286. The Morgan fingerprint density at radius 1 is 1.12 bits per heavy atom. The van der Waals surface area contributed by atoms with E-state index >= 15 is 0 Å². The van der Waals surface area contributed by atoms with Gasteiger partial charge in [0.1, 0.15) is 0 Å². The minimum Gasteiger partial charge on any atom is -0.273 e. The van der Waals surface area contributed by atoms with Crippen molar-refractivity contribution in [1.82, 2.24) is 4.90 Å². The van der Waals surface area contributed by atoms with Crippen LogP contribution in [0.3, 0.4) is 0 Å². The second-order valence-electron chi connectivity index (χ2n) is 4.17. The van der Waals surface area contributed by atoms with Crippen molar-refractivity contribution in [3.05, 3.63) is 34.4 Å². The highest BCUT2D eigenvalue weighted by Gasteiger charge is 2.37. The molecule has 0 unspecified atom stereocenters. The van der Waals surface area contributed by atoms with Crippen LogP contribution in [0.25, 0.3) is 0 Å². The molecule has 2 rings (SSSR count). The van der Waals surface area contributed by atoms with Gasteiger partial charge in [-0.15, -0.1) is 12.3 Å². The van der Waals surface area contributed by atoms with Crippen LogP contribution in [0, 0.1) is 26.2 Å². The summed E-state index contributed by atoms with van der Waals surface area (Å²) in [6, 6.07) is 3.73. The van der Waals surface area contributed by atoms with Crippen LogP contribution in [-0.4, -0.2) is 23.3 Å². The molecule has 0 aromatic heterocycles. The van der Waals surface area contributed by atoms with Crippen molar-refractivity contribution < 1.29 is 9.59 Å². The van der Waals surface area contributed by atoms with Crippen LogP contribution in [0.4, 0.5) is 0 Å². The third-order valence-corrected chi connectivity index (χ3v) is 3.02. The van der Waals surface area contributed by atoms with Gasteiger partial charge in [-0.3, -0.25) is 14.5 Å². The zero-order chi connectivity index (χ0) is 12.6. The summed E-state index contributed by atoms with van der Waals surface area (Å²) in [5.41, 5.74) is 2.75. The minimum atomic E-state index is -0.221. The van der Waals surface area contributed by atoms with Crippen LogP contribution in [0.5, 0.6) is 0 Å². The Morgan fingerprint density at radius 3 is 2.00 bits per heavy atom. The molecule has 0 bridgehead atoms. The molecule has 1 aromatic carbocycles. The van der Waals surface area contributed by atoms with Crippen LogP contribution in [0.1, 0.15) is 38.3 Å². The quantitative estimate of drug-likeness (QED) is 0.572. The van der Waals surface area contributed by atoms with Crippen LogP contribution in [0.15, 0.2) is 12.1 Å². The first-order chi connectivity index (χ1) is 8.07. The van der Waals surface area contributed by atoms with Gasteiger partial charge in [0.05, 0.1) is 11.1 Å². The van der Waals surface area contributed by atoms with E-state index in [1.807, 2.05) is 26.0 Å². The van der Waals surface area contributed by atoms with Gasteiger partial charge < -0.3 is 0 Å². The van der Waals surface area contributed by atoms with Crippen molar-refractivity contribution in [2.75, 3.05) is 6.54 Å². The normalized spacial score (nSPS) is 13.8. The fourth-order valence-corrected chi connectivity index (χ4v) is 2.10. The fourth-order valence-electron chi connectivity index (χ4n) is 2.10. The summed E-state index contributed by atoms with van der Waals surface area (Å²) in [4.78, 5) is 25.5. The Labute approximate surface area is 100 Å². The number of carbonyl (C=O) groups is 2. The molecule has 1 aliphatic rings. The highest BCUT2D eigenvalue weighted by Crippen LogP contribution is 2.28. The lowest BCUT2D eigenvalue weighted by atomic mass is 9.99. The maximum Gasteiger partial charge on any atom is 0.261 e. The second-order valence-corrected chi connectivity index (χ2v) is 4.17. The van der Waals surface area contributed by atoms with E-state index in [9.17, 15) is 9.59 Å². The molecule has 0 aliphatic carbocycles. The average molecular weight is 227 g/mol. The molecular formula is C14H13NO2. The molecular weight excluding hydrogens is 214 g/mol. The first-order valence-corrected chi connectivity index (χ1v) is 5.47.